The first-order chi connectivity index (χ1) is 21.2. The Labute approximate surface area is 258 Å². The zero-order valence-electron chi connectivity index (χ0n) is 25.6. The molecule has 4 rings (SSSR count). The molecule has 8 nitrogen and oxygen atoms in total. The van der Waals surface area contributed by atoms with Gasteiger partial charge in [0.1, 0.15) is 11.5 Å². The minimum atomic E-state index is -0.803. The molecule has 8 heteroatoms. The lowest BCUT2D eigenvalue weighted by Crippen LogP contribution is -2.27. The third-order valence-electron chi connectivity index (χ3n) is 7.28. The number of aliphatic carboxylic acids is 1. The van der Waals surface area contributed by atoms with E-state index in [-0.39, 0.29) is 18.2 Å². The number of anilines is 2. The Bertz CT molecular complexity index is 1630. The predicted octanol–water partition coefficient (Wildman–Crippen LogP) is 7.53. The number of nitrogens with one attached hydrogen (secondary N) is 1. The summed E-state index contributed by atoms with van der Waals surface area (Å²) in [6.07, 6.45) is 2.18. The van der Waals surface area contributed by atoms with Gasteiger partial charge in [-0.15, -0.1) is 0 Å². The maximum absolute atomic E-state index is 13.6. The zero-order valence-corrected chi connectivity index (χ0v) is 25.6. The van der Waals surface area contributed by atoms with Crippen molar-refractivity contribution in [2.75, 3.05) is 31.0 Å². The average Bonchev–Trinajstić information content (AvgIpc) is 3.02. The van der Waals surface area contributed by atoms with E-state index in [2.05, 4.69) is 5.32 Å². The van der Waals surface area contributed by atoms with Gasteiger partial charge in [0.05, 0.1) is 25.1 Å². The molecule has 4 aromatic carbocycles. The van der Waals surface area contributed by atoms with Crippen LogP contribution in [0.2, 0.25) is 0 Å². The molecule has 0 aromatic heterocycles. The van der Waals surface area contributed by atoms with E-state index in [1.165, 1.54) is 12.0 Å². The number of amides is 2. The third kappa shape index (κ3) is 8.04. The molecule has 0 bridgehead atoms. The van der Waals surface area contributed by atoms with Crippen molar-refractivity contribution < 1.29 is 29.0 Å². The van der Waals surface area contributed by atoms with Gasteiger partial charge in [-0.25, -0.2) is 0 Å². The second-order valence-electron chi connectivity index (χ2n) is 10.7. The highest BCUT2D eigenvalue weighted by atomic mass is 16.5. The third-order valence-corrected chi connectivity index (χ3v) is 7.28. The fraction of sp³-hybridized carbons (Fsp3) is 0.250. The quantitative estimate of drug-likeness (QED) is 0.155. The van der Waals surface area contributed by atoms with Crippen molar-refractivity contribution in [1.82, 2.24) is 0 Å². The summed E-state index contributed by atoms with van der Waals surface area (Å²) >= 11 is 0. The van der Waals surface area contributed by atoms with E-state index in [0.717, 1.165) is 28.7 Å². The van der Waals surface area contributed by atoms with Crippen molar-refractivity contribution in [3.63, 3.8) is 0 Å². The van der Waals surface area contributed by atoms with Crippen LogP contribution in [0.4, 0.5) is 11.4 Å². The molecule has 0 saturated carbocycles. The molecule has 0 unspecified atom stereocenters. The van der Waals surface area contributed by atoms with Crippen molar-refractivity contribution in [3.05, 3.63) is 107 Å². The molecule has 0 aliphatic rings. The minimum Gasteiger partial charge on any atom is -0.495 e. The van der Waals surface area contributed by atoms with Gasteiger partial charge >= 0.3 is 5.97 Å². The monoisotopic (exact) mass is 594 g/mol. The average molecular weight is 595 g/mol. The highest BCUT2D eigenvalue weighted by Gasteiger charge is 2.21. The molecule has 0 aliphatic carbocycles. The fourth-order valence-corrected chi connectivity index (χ4v) is 4.89. The number of hydrogen-bond acceptors (Lipinski definition) is 5. The van der Waals surface area contributed by atoms with Crippen molar-refractivity contribution in [3.8, 4) is 22.6 Å². The first-order valence-electron chi connectivity index (χ1n) is 14.6. The smallest absolute Gasteiger partial charge is 0.303 e. The van der Waals surface area contributed by atoms with Crippen LogP contribution in [0.3, 0.4) is 0 Å². The Morgan fingerprint density at radius 3 is 2.27 bits per heavy atom. The van der Waals surface area contributed by atoms with Crippen LogP contribution in [0.15, 0.2) is 84.9 Å². The fourth-order valence-electron chi connectivity index (χ4n) is 4.89. The molecular weight excluding hydrogens is 556 g/mol. The molecule has 0 saturated heterocycles. The summed E-state index contributed by atoms with van der Waals surface area (Å²) in [5.41, 5.74) is 5.67. The van der Waals surface area contributed by atoms with E-state index < -0.39 is 5.97 Å². The lowest BCUT2D eigenvalue weighted by molar-refractivity contribution is -0.137. The molecule has 0 spiro atoms. The van der Waals surface area contributed by atoms with Gasteiger partial charge in [0.25, 0.3) is 11.8 Å². The Morgan fingerprint density at radius 1 is 0.818 bits per heavy atom. The number of hydrogen-bond donors (Lipinski definition) is 2. The summed E-state index contributed by atoms with van der Waals surface area (Å²) in [6, 6.07) is 26.1. The lowest BCUT2D eigenvalue weighted by Gasteiger charge is -2.22. The number of aryl methyl sites for hydroxylation is 2. The Hall–Kier alpha value is -5.11. The summed E-state index contributed by atoms with van der Waals surface area (Å²) in [7, 11) is 3.17. The molecule has 44 heavy (non-hydrogen) atoms. The van der Waals surface area contributed by atoms with E-state index in [0.29, 0.717) is 53.4 Å². The van der Waals surface area contributed by atoms with Crippen molar-refractivity contribution >= 4 is 29.2 Å². The van der Waals surface area contributed by atoms with Crippen LogP contribution >= 0.6 is 0 Å². The van der Waals surface area contributed by atoms with Gasteiger partial charge in [-0.05, 0) is 86.2 Å². The predicted molar refractivity (Wildman–Crippen MR) is 173 cm³/mol. The zero-order chi connectivity index (χ0) is 31.6. The van der Waals surface area contributed by atoms with Crippen LogP contribution < -0.4 is 19.7 Å². The van der Waals surface area contributed by atoms with Crippen LogP contribution in [0, 0.1) is 13.8 Å². The molecule has 0 aliphatic heterocycles. The SMILES string of the molecule is COc1cc(C(=O)N(C)c2ccc(C)cc2OCCCCCC(=O)O)ccc1NC(=O)c1cc(C)ccc1-c1ccccc1. The van der Waals surface area contributed by atoms with Gasteiger partial charge in [-0.3, -0.25) is 14.4 Å². The van der Waals surface area contributed by atoms with Gasteiger partial charge in [0, 0.05) is 24.6 Å². The number of carbonyl (C=O) groups is 3. The number of ether oxygens (including phenoxy) is 2. The second kappa shape index (κ2) is 14.9. The molecule has 0 radical (unpaired) electrons. The summed E-state index contributed by atoms with van der Waals surface area (Å²) in [5, 5.41) is 11.8. The summed E-state index contributed by atoms with van der Waals surface area (Å²) in [5.74, 6) is -0.439. The maximum Gasteiger partial charge on any atom is 0.303 e. The van der Waals surface area contributed by atoms with Crippen LogP contribution in [0.25, 0.3) is 11.1 Å². The van der Waals surface area contributed by atoms with E-state index in [1.54, 1.807) is 25.2 Å². The molecule has 0 heterocycles. The normalized spacial score (nSPS) is 10.6. The molecular formula is C36H38N2O6. The van der Waals surface area contributed by atoms with E-state index in [1.807, 2.05) is 80.6 Å². The lowest BCUT2D eigenvalue weighted by atomic mass is 9.97. The number of methoxy groups -OCH3 is 1. The van der Waals surface area contributed by atoms with Gasteiger partial charge in [0.15, 0.2) is 0 Å². The molecule has 0 fully saturated rings. The van der Waals surface area contributed by atoms with Gasteiger partial charge in [0.2, 0.25) is 0 Å². The van der Waals surface area contributed by atoms with Gasteiger partial charge < -0.3 is 24.8 Å². The summed E-state index contributed by atoms with van der Waals surface area (Å²) in [6.45, 7) is 4.30. The maximum atomic E-state index is 13.6. The van der Waals surface area contributed by atoms with Gasteiger partial charge in [-0.2, -0.15) is 0 Å². The van der Waals surface area contributed by atoms with Gasteiger partial charge in [-0.1, -0.05) is 54.1 Å². The molecule has 0 atom stereocenters. The van der Waals surface area contributed by atoms with Crippen molar-refractivity contribution in [1.29, 1.82) is 0 Å². The van der Waals surface area contributed by atoms with E-state index in [9.17, 15) is 14.4 Å². The first kappa shape index (κ1) is 31.8. The number of carboxylic acid groups (broad SMARTS) is 1. The molecule has 4 aromatic rings. The number of benzene rings is 4. The number of carbonyl (C=O) groups excluding carboxylic acids is 2. The minimum absolute atomic E-state index is 0.138. The van der Waals surface area contributed by atoms with E-state index in [4.69, 9.17) is 14.6 Å². The largest absolute Gasteiger partial charge is 0.495 e. The number of carboxylic acids is 1. The number of rotatable bonds is 13. The summed E-state index contributed by atoms with van der Waals surface area (Å²) in [4.78, 5) is 39.3. The second-order valence-corrected chi connectivity index (χ2v) is 10.7. The highest BCUT2D eigenvalue weighted by molar-refractivity contribution is 6.10. The Kier molecular flexibility index (Phi) is 10.8. The first-order valence-corrected chi connectivity index (χ1v) is 14.6. The van der Waals surface area contributed by atoms with Crippen LogP contribution in [-0.2, 0) is 4.79 Å². The Morgan fingerprint density at radius 2 is 1.55 bits per heavy atom. The Balaban J connectivity index is 1.51. The van der Waals surface area contributed by atoms with Crippen molar-refractivity contribution in [2.24, 2.45) is 0 Å². The number of unbranched alkanes of at least 4 members (excludes halogenated alkanes) is 2. The molecule has 228 valence electrons. The van der Waals surface area contributed by atoms with Crippen molar-refractivity contribution in [2.45, 2.75) is 39.5 Å². The molecule has 2 amide bonds. The van der Waals surface area contributed by atoms with Crippen LogP contribution in [-0.4, -0.2) is 43.7 Å². The van der Waals surface area contributed by atoms with Crippen LogP contribution in [0.1, 0.15) is 57.5 Å². The highest BCUT2D eigenvalue weighted by Crippen LogP contribution is 2.33. The topological polar surface area (TPSA) is 105 Å². The summed E-state index contributed by atoms with van der Waals surface area (Å²) < 4.78 is 11.6. The number of nitrogens with zero attached hydrogens (tertiary/aromatic N) is 1. The van der Waals surface area contributed by atoms with E-state index >= 15 is 0 Å². The standard InChI is InChI=1S/C36H38N2O6/c1-24-14-17-28(26-11-7-5-8-12-26)29(21-24)35(41)37-30-18-16-27(23-32(30)43-4)36(42)38(3)31-19-15-25(2)22-33(31)44-20-10-6-9-13-34(39)40/h5,7-8,11-12,14-19,21-23H,6,9-10,13,20H2,1-4H3,(H,37,41)(H,39,40). The van der Waals surface area contributed by atoms with Crippen LogP contribution in [0.5, 0.6) is 11.5 Å². The molecule has 2 N–H and O–H groups in total.